The Labute approximate surface area is 149 Å². The summed E-state index contributed by atoms with van der Waals surface area (Å²) in [4.78, 5) is 12.5. The van der Waals surface area contributed by atoms with Crippen LogP contribution in [0, 0.1) is 0 Å². The minimum atomic E-state index is -0.179. The third-order valence-electron chi connectivity index (χ3n) is 4.03. The largest absolute Gasteiger partial charge is 0.497 e. The van der Waals surface area contributed by atoms with Crippen molar-refractivity contribution < 1.29 is 13.9 Å². The van der Waals surface area contributed by atoms with Gasteiger partial charge in [0.25, 0.3) is 5.91 Å². The molecular formula is C19H16N4O3. The third-order valence-corrected chi connectivity index (χ3v) is 4.03. The van der Waals surface area contributed by atoms with Gasteiger partial charge in [-0.2, -0.15) is 0 Å². The van der Waals surface area contributed by atoms with Crippen molar-refractivity contribution in [1.29, 1.82) is 0 Å². The zero-order chi connectivity index (χ0) is 17.9. The average Bonchev–Trinajstić information content (AvgIpc) is 3.35. The molecule has 130 valence electrons. The molecule has 4 aromatic rings. The number of carbonyl (C=O) groups excluding carboxylic acids is 1. The standard InChI is InChI=1S/C19H16N4O3/c1-25-16-4-2-3-13(9-16)10-20-19(24)14-5-6-17-21-22-18(23(17)11-14)15-7-8-26-12-15/h2-9,11-12H,10H2,1H3,(H,20,24). The molecule has 0 aliphatic rings. The van der Waals surface area contributed by atoms with E-state index in [0.29, 0.717) is 23.6 Å². The van der Waals surface area contributed by atoms with Crippen molar-refractivity contribution in [1.82, 2.24) is 19.9 Å². The molecular weight excluding hydrogens is 332 g/mol. The molecule has 0 radical (unpaired) electrons. The van der Waals surface area contributed by atoms with Gasteiger partial charge in [0.2, 0.25) is 0 Å². The van der Waals surface area contributed by atoms with Crippen LogP contribution in [0.1, 0.15) is 15.9 Å². The second-order valence-corrected chi connectivity index (χ2v) is 5.72. The number of carbonyl (C=O) groups is 1. The molecule has 7 heteroatoms. The van der Waals surface area contributed by atoms with Gasteiger partial charge in [0.05, 0.1) is 24.5 Å². The number of fused-ring (bicyclic) bond motifs is 1. The summed E-state index contributed by atoms with van der Waals surface area (Å²) in [6.07, 6.45) is 4.88. The summed E-state index contributed by atoms with van der Waals surface area (Å²) in [7, 11) is 1.61. The summed E-state index contributed by atoms with van der Waals surface area (Å²) < 4.78 is 12.1. The van der Waals surface area contributed by atoms with Crippen LogP contribution < -0.4 is 10.1 Å². The molecule has 0 atom stereocenters. The van der Waals surface area contributed by atoms with Crippen molar-refractivity contribution >= 4 is 11.6 Å². The van der Waals surface area contributed by atoms with Crippen molar-refractivity contribution in [3.05, 3.63) is 72.3 Å². The number of pyridine rings is 1. The Morgan fingerprint density at radius 1 is 1.23 bits per heavy atom. The number of ether oxygens (including phenoxy) is 1. The van der Waals surface area contributed by atoms with Crippen LogP contribution in [0.4, 0.5) is 0 Å². The second kappa shape index (κ2) is 6.72. The van der Waals surface area contributed by atoms with E-state index in [1.165, 1.54) is 0 Å². The Balaban J connectivity index is 1.56. The Kier molecular flexibility index (Phi) is 4.10. The van der Waals surface area contributed by atoms with E-state index in [9.17, 15) is 4.79 Å². The number of rotatable bonds is 5. The van der Waals surface area contributed by atoms with E-state index in [-0.39, 0.29) is 5.91 Å². The molecule has 0 fully saturated rings. The minimum absolute atomic E-state index is 0.179. The summed E-state index contributed by atoms with van der Waals surface area (Å²) in [5.41, 5.74) is 2.93. The lowest BCUT2D eigenvalue weighted by Gasteiger charge is -2.07. The number of amides is 1. The van der Waals surface area contributed by atoms with E-state index in [1.807, 2.05) is 24.3 Å². The van der Waals surface area contributed by atoms with Gasteiger partial charge in [-0.3, -0.25) is 9.20 Å². The first kappa shape index (κ1) is 15.9. The van der Waals surface area contributed by atoms with Crippen LogP contribution in [0.2, 0.25) is 0 Å². The van der Waals surface area contributed by atoms with Gasteiger partial charge in [-0.25, -0.2) is 0 Å². The molecule has 1 aromatic carbocycles. The molecule has 0 saturated heterocycles. The Bertz CT molecular complexity index is 1050. The number of hydrogen-bond acceptors (Lipinski definition) is 5. The van der Waals surface area contributed by atoms with Gasteiger partial charge >= 0.3 is 0 Å². The zero-order valence-corrected chi connectivity index (χ0v) is 14.0. The maximum absolute atomic E-state index is 12.5. The zero-order valence-electron chi connectivity index (χ0n) is 14.0. The van der Waals surface area contributed by atoms with E-state index in [2.05, 4.69) is 15.5 Å². The van der Waals surface area contributed by atoms with Crippen LogP contribution in [0.3, 0.4) is 0 Å². The lowest BCUT2D eigenvalue weighted by atomic mass is 10.2. The van der Waals surface area contributed by atoms with E-state index < -0.39 is 0 Å². The van der Waals surface area contributed by atoms with Gasteiger partial charge < -0.3 is 14.5 Å². The molecule has 0 bridgehead atoms. The molecule has 3 heterocycles. The van der Waals surface area contributed by atoms with Gasteiger partial charge in [-0.15, -0.1) is 10.2 Å². The highest BCUT2D eigenvalue weighted by Gasteiger charge is 2.12. The van der Waals surface area contributed by atoms with Crippen molar-refractivity contribution in [3.8, 4) is 17.1 Å². The number of benzene rings is 1. The lowest BCUT2D eigenvalue weighted by Crippen LogP contribution is -2.23. The molecule has 0 aliphatic carbocycles. The van der Waals surface area contributed by atoms with Crippen LogP contribution >= 0.6 is 0 Å². The topological polar surface area (TPSA) is 81.7 Å². The summed E-state index contributed by atoms with van der Waals surface area (Å²) in [6.45, 7) is 0.408. The van der Waals surface area contributed by atoms with E-state index >= 15 is 0 Å². The molecule has 0 saturated carbocycles. The van der Waals surface area contributed by atoms with E-state index in [0.717, 1.165) is 16.9 Å². The highest BCUT2D eigenvalue weighted by Crippen LogP contribution is 2.19. The second-order valence-electron chi connectivity index (χ2n) is 5.72. The molecule has 26 heavy (non-hydrogen) atoms. The number of aromatic nitrogens is 3. The lowest BCUT2D eigenvalue weighted by molar-refractivity contribution is 0.0950. The molecule has 1 N–H and O–H groups in total. The first-order valence-electron chi connectivity index (χ1n) is 8.03. The molecule has 4 rings (SSSR count). The average molecular weight is 348 g/mol. The first-order chi connectivity index (χ1) is 12.7. The van der Waals surface area contributed by atoms with E-state index in [4.69, 9.17) is 9.15 Å². The number of methoxy groups -OCH3 is 1. The monoisotopic (exact) mass is 348 g/mol. The van der Waals surface area contributed by atoms with Crippen molar-refractivity contribution in [3.63, 3.8) is 0 Å². The van der Waals surface area contributed by atoms with Gasteiger partial charge in [0.15, 0.2) is 11.5 Å². The molecule has 7 nitrogen and oxygen atoms in total. The number of nitrogens with zero attached hydrogens (tertiary/aromatic N) is 3. The van der Waals surface area contributed by atoms with Crippen molar-refractivity contribution in [2.75, 3.05) is 7.11 Å². The quantitative estimate of drug-likeness (QED) is 0.600. The van der Waals surface area contributed by atoms with Crippen LogP contribution in [-0.2, 0) is 6.54 Å². The normalized spacial score (nSPS) is 10.8. The Morgan fingerprint density at radius 2 is 2.15 bits per heavy atom. The number of nitrogens with one attached hydrogen (secondary N) is 1. The maximum atomic E-state index is 12.5. The smallest absolute Gasteiger partial charge is 0.253 e. The van der Waals surface area contributed by atoms with Crippen molar-refractivity contribution in [2.24, 2.45) is 0 Å². The first-order valence-corrected chi connectivity index (χ1v) is 8.03. The Morgan fingerprint density at radius 3 is 2.96 bits per heavy atom. The van der Waals surface area contributed by atoms with E-state index in [1.54, 1.807) is 48.4 Å². The van der Waals surface area contributed by atoms with Crippen LogP contribution in [-0.4, -0.2) is 27.6 Å². The van der Waals surface area contributed by atoms with Gasteiger partial charge in [-0.1, -0.05) is 12.1 Å². The number of hydrogen-bond donors (Lipinski definition) is 1. The van der Waals surface area contributed by atoms with Gasteiger partial charge in [0.1, 0.15) is 12.0 Å². The molecule has 0 aliphatic heterocycles. The minimum Gasteiger partial charge on any atom is -0.497 e. The summed E-state index contributed by atoms with van der Waals surface area (Å²) in [5, 5.41) is 11.2. The highest BCUT2D eigenvalue weighted by atomic mass is 16.5. The van der Waals surface area contributed by atoms with Gasteiger partial charge in [0, 0.05) is 12.7 Å². The van der Waals surface area contributed by atoms with Crippen LogP contribution in [0.25, 0.3) is 17.0 Å². The van der Waals surface area contributed by atoms with Crippen LogP contribution in [0.15, 0.2) is 65.6 Å². The van der Waals surface area contributed by atoms with Crippen molar-refractivity contribution in [2.45, 2.75) is 6.54 Å². The molecule has 3 aromatic heterocycles. The Hall–Kier alpha value is -3.61. The summed E-state index contributed by atoms with van der Waals surface area (Å²) in [6, 6.07) is 12.9. The maximum Gasteiger partial charge on any atom is 0.253 e. The summed E-state index contributed by atoms with van der Waals surface area (Å²) in [5.74, 6) is 1.20. The molecule has 1 amide bonds. The SMILES string of the molecule is COc1cccc(CNC(=O)c2ccc3nnc(-c4ccoc4)n3c2)c1. The molecule has 0 unspecified atom stereocenters. The van der Waals surface area contributed by atoms with Crippen LogP contribution in [0.5, 0.6) is 5.75 Å². The fraction of sp³-hybridized carbons (Fsp3) is 0.105. The predicted molar refractivity (Wildman–Crippen MR) is 94.9 cm³/mol. The summed E-state index contributed by atoms with van der Waals surface area (Å²) >= 11 is 0. The predicted octanol–water partition coefficient (Wildman–Crippen LogP) is 2.93. The fourth-order valence-electron chi connectivity index (χ4n) is 2.68. The van der Waals surface area contributed by atoms with Gasteiger partial charge in [-0.05, 0) is 35.9 Å². The fourth-order valence-corrected chi connectivity index (χ4v) is 2.68. The molecule has 0 spiro atoms. The third kappa shape index (κ3) is 3.02. The number of furan rings is 1. The highest BCUT2D eigenvalue weighted by molar-refractivity contribution is 5.94.